The molecular weight excluding hydrogens is 319 g/mol. The summed E-state index contributed by atoms with van der Waals surface area (Å²) in [6.45, 7) is 0. The van der Waals surface area contributed by atoms with Crippen molar-refractivity contribution >= 4 is 29.2 Å². The van der Waals surface area contributed by atoms with Crippen molar-refractivity contribution in [3.63, 3.8) is 0 Å². The minimum atomic E-state index is -0.359. The summed E-state index contributed by atoms with van der Waals surface area (Å²) in [6, 6.07) is 16.2. The van der Waals surface area contributed by atoms with Crippen molar-refractivity contribution < 1.29 is 9.18 Å². The average molecular weight is 334 g/mol. The number of hydrogen-bond donors (Lipinski definition) is 3. The summed E-state index contributed by atoms with van der Waals surface area (Å²) in [7, 11) is 0. The number of carbonyl (C=O) groups is 1. The van der Waals surface area contributed by atoms with Crippen LogP contribution in [-0.4, -0.2) is 17.1 Å². The van der Waals surface area contributed by atoms with Gasteiger partial charge in [-0.3, -0.25) is 9.78 Å². The maximum Gasteiger partial charge on any atom is 0.274 e. The number of amides is 1. The Kier molecular flexibility index (Phi) is 4.80. The van der Waals surface area contributed by atoms with Gasteiger partial charge < -0.3 is 16.0 Å². The van der Waals surface area contributed by atoms with Gasteiger partial charge in [0.25, 0.3) is 5.91 Å². The van der Waals surface area contributed by atoms with Gasteiger partial charge in [-0.25, -0.2) is 4.39 Å². The van der Waals surface area contributed by atoms with Crippen LogP contribution in [-0.2, 0) is 0 Å². The van der Waals surface area contributed by atoms with Gasteiger partial charge in [0.1, 0.15) is 11.5 Å². The van der Waals surface area contributed by atoms with Crippen LogP contribution in [0, 0.1) is 11.2 Å². The molecule has 1 heterocycles. The van der Waals surface area contributed by atoms with Crippen molar-refractivity contribution in [2.24, 2.45) is 0 Å². The lowest BCUT2D eigenvalue weighted by atomic mass is 10.1. The molecule has 0 saturated carbocycles. The van der Waals surface area contributed by atoms with Crippen molar-refractivity contribution in [3.8, 4) is 0 Å². The van der Waals surface area contributed by atoms with E-state index in [9.17, 15) is 9.18 Å². The Morgan fingerprint density at radius 1 is 1.00 bits per heavy atom. The number of benzene rings is 2. The molecule has 2 aromatic carbocycles. The first kappa shape index (κ1) is 16.3. The highest BCUT2D eigenvalue weighted by Gasteiger charge is 2.12. The Morgan fingerprint density at radius 3 is 2.44 bits per heavy atom. The number of hydrogen-bond acceptors (Lipinski definition) is 4. The first-order valence-electron chi connectivity index (χ1n) is 7.56. The van der Waals surface area contributed by atoms with E-state index in [4.69, 9.17) is 5.41 Å². The Labute approximate surface area is 144 Å². The number of carbonyl (C=O) groups excluding carboxylic acids is 1. The molecule has 5 nitrogen and oxygen atoms in total. The zero-order chi connectivity index (χ0) is 17.6. The molecule has 0 aliphatic rings. The third-order valence-corrected chi connectivity index (χ3v) is 3.52. The Bertz CT molecular complexity index is 895. The molecule has 0 saturated heterocycles. The van der Waals surface area contributed by atoms with Crippen LogP contribution in [0.4, 0.5) is 21.5 Å². The fourth-order valence-electron chi connectivity index (χ4n) is 2.31. The fourth-order valence-corrected chi connectivity index (χ4v) is 2.31. The third kappa shape index (κ3) is 3.87. The molecule has 0 radical (unpaired) electrons. The number of pyridine rings is 1. The van der Waals surface area contributed by atoms with E-state index in [1.807, 2.05) is 0 Å². The van der Waals surface area contributed by atoms with Gasteiger partial charge in [-0.2, -0.15) is 0 Å². The van der Waals surface area contributed by atoms with Crippen molar-refractivity contribution in [1.82, 2.24) is 4.98 Å². The third-order valence-electron chi connectivity index (χ3n) is 3.52. The first-order valence-corrected chi connectivity index (χ1v) is 7.56. The van der Waals surface area contributed by atoms with Gasteiger partial charge >= 0.3 is 0 Å². The van der Waals surface area contributed by atoms with Gasteiger partial charge in [0.15, 0.2) is 0 Å². The van der Waals surface area contributed by atoms with Crippen LogP contribution in [0.25, 0.3) is 0 Å². The van der Waals surface area contributed by atoms with E-state index in [1.165, 1.54) is 12.1 Å². The van der Waals surface area contributed by atoms with Crippen molar-refractivity contribution in [1.29, 1.82) is 5.41 Å². The van der Waals surface area contributed by atoms with Gasteiger partial charge in [0, 0.05) is 29.3 Å². The summed E-state index contributed by atoms with van der Waals surface area (Å²) in [5, 5.41) is 13.6. The van der Waals surface area contributed by atoms with Crippen molar-refractivity contribution in [2.45, 2.75) is 0 Å². The van der Waals surface area contributed by atoms with E-state index in [0.29, 0.717) is 22.6 Å². The molecule has 1 aromatic heterocycles. The number of anilines is 3. The average Bonchev–Trinajstić information content (AvgIpc) is 2.64. The lowest BCUT2D eigenvalue weighted by Gasteiger charge is -2.14. The fraction of sp³-hybridized carbons (Fsp3) is 0. The first-order chi connectivity index (χ1) is 12.2. The minimum absolute atomic E-state index is 0.287. The van der Waals surface area contributed by atoms with Crippen LogP contribution in [0.15, 0.2) is 66.9 Å². The summed E-state index contributed by atoms with van der Waals surface area (Å²) in [5.74, 6) is -0.683. The van der Waals surface area contributed by atoms with E-state index < -0.39 is 0 Å². The molecule has 0 atom stereocenters. The van der Waals surface area contributed by atoms with Crippen molar-refractivity contribution in [3.05, 3.63) is 83.9 Å². The van der Waals surface area contributed by atoms with Crippen LogP contribution in [0.3, 0.4) is 0 Å². The normalized spacial score (nSPS) is 10.1. The van der Waals surface area contributed by atoms with Crippen molar-refractivity contribution in [2.75, 3.05) is 10.6 Å². The highest BCUT2D eigenvalue weighted by atomic mass is 19.1. The van der Waals surface area contributed by atoms with Crippen LogP contribution >= 0.6 is 0 Å². The lowest BCUT2D eigenvalue weighted by molar-refractivity contribution is 0.102. The van der Waals surface area contributed by atoms with E-state index in [2.05, 4.69) is 15.6 Å². The van der Waals surface area contributed by atoms with Crippen LogP contribution in [0.1, 0.15) is 16.1 Å². The van der Waals surface area contributed by atoms with Gasteiger partial charge in [-0.05, 0) is 48.5 Å². The number of aromatic nitrogens is 1. The van der Waals surface area contributed by atoms with Crippen LogP contribution in [0.5, 0.6) is 0 Å². The zero-order valence-corrected chi connectivity index (χ0v) is 13.2. The summed E-state index contributed by atoms with van der Waals surface area (Å²) in [6.07, 6.45) is 2.69. The minimum Gasteiger partial charge on any atom is -0.355 e. The predicted molar refractivity (Wildman–Crippen MR) is 96.2 cm³/mol. The molecule has 0 spiro atoms. The molecule has 25 heavy (non-hydrogen) atoms. The standard InChI is InChI=1S/C19H15FN4O/c20-13-7-9-14(10-8-13)23-16-5-3-6-17(15(16)12-21)24-19(25)18-4-1-2-11-22-18/h1-12,21,23H,(H,24,25). The number of halogens is 1. The molecule has 6 heteroatoms. The largest absolute Gasteiger partial charge is 0.355 e. The Balaban J connectivity index is 1.87. The second kappa shape index (κ2) is 7.35. The molecule has 1 amide bonds. The maximum atomic E-state index is 13.0. The Hall–Kier alpha value is -3.54. The van der Waals surface area contributed by atoms with Crippen LogP contribution < -0.4 is 10.6 Å². The Morgan fingerprint density at radius 2 is 1.76 bits per heavy atom. The molecule has 3 aromatic rings. The number of nitrogens with one attached hydrogen (secondary N) is 3. The SMILES string of the molecule is N=Cc1c(NC(=O)c2ccccn2)cccc1Nc1ccc(F)cc1. The highest BCUT2D eigenvalue weighted by molar-refractivity contribution is 6.07. The van der Waals surface area contributed by atoms with E-state index >= 15 is 0 Å². The quantitative estimate of drug-likeness (QED) is 0.612. The van der Waals surface area contributed by atoms with Gasteiger partial charge in [0.05, 0.1) is 5.69 Å². The molecule has 0 aliphatic carbocycles. The molecule has 3 rings (SSSR count). The summed E-state index contributed by atoms with van der Waals surface area (Å²) in [4.78, 5) is 16.3. The maximum absolute atomic E-state index is 13.0. The van der Waals surface area contributed by atoms with Crippen LogP contribution in [0.2, 0.25) is 0 Å². The zero-order valence-electron chi connectivity index (χ0n) is 13.2. The summed E-state index contributed by atoms with van der Waals surface area (Å²) in [5.41, 5.74) is 2.59. The van der Waals surface area contributed by atoms with E-state index in [1.54, 1.807) is 54.7 Å². The molecule has 0 bridgehead atoms. The molecule has 0 unspecified atom stereocenters. The molecule has 0 fully saturated rings. The number of rotatable bonds is 5. The highest BCUT2D eigenvalue weighted by Crippen LogP contribution is 2.26. The van der Waals surface area contributed by atoms with E-state index in [0.717, 1.165) is 6.21 Å². The topological polar surface area (TPSA) is 77.9 Å². The lowest BCUT2D eigenvalue weighted by Crippen LogP contribution is -2.15. The van der Waals surface area contributed by atoms with Gasteiger partial charge in [-0.1, -0.05) is 12.1 Å². The second-order valence-electron chi connectivity index (χ2n) is 5.21. The smallest absolute Gasteiger partial charge is 0.274 e. The summed E-state index contributed by atoms with van der Waals surface area (Å²) < 4.78 is 13.0. The summed E-state index contributed by atoms with van der Waals surface area (Å²) >= 11 is 0. The van der Waals surface area contributed by atoms with Gasteiger partial charge in [-0.15, -0.1) is 0 Å². The van der Waals surface area contributed by atoms with Gasteiger partial charge in [0.2, 0.25) is 0 Å². The molecule has 0 aliphatic heterocycles. The predicted octanol–water partition coefficient (Wildman–Crippen LogP) is 4.21. The number of nitrogens with zero attached hydrogens (tertiary/aromatic N) is 1. The van der Waals surface area contributed by atoms with E-state index in [-0.39, 0.29) is 17.4 Å². The molecule has 124 valence electrons. The second-order valence-corrected chi connectivity index (χ2v) is 5.21. The molecular formula is C19H15FN4O. The molecule has 3 N–H and O–H groups in total. The monoisotopic (exact) mass is 334 g/mol.